The smallest absolute Gasteiger partial charge is 0.243 e. The lowest BCUT2D eigenvalue weighted by atomic mass is 10.0. The lowest BCUT2D eigenvalue weighted by molar-refractivity contribution is -0.141. The molecule has 0 heterocycles. The second kappa shape index (κ2) is 14.7. The van der Waals surface area contributed by atoms with Crippen LogP contribution in [0.2, 0.25) is 15.1 Å². The molecule has 0 fully saturated rings. The van der Waals surface area contributed by atoms with Gasteiger partial charge in [0.25, 0.3) is 0 Å². The topological polar surface area (TPSA) is 49.4 Å². The Balaban J connectivity index is 1.87. The van der Waals surface area contributed by atoms with Gasteiger partial charge >= 0.3 is 0 Å². The highest BCUT2D eigenvalue weighted by Gasteiger charge is 2.30. The van der Waals surface area contributed by atoms with E-state index in [0.717, 1.165) is 22.4 Å². The van der Waals surface area contributed by atoms with Gasteiger partial charge in [-0.2, -0.15) is 0 Å². The van der Waals surface area contributed by atoms with Crippen molar-refractivity contribution < 1.29 is 9.59 Å². The van der Waals surface area contributed by atoms with E-state index in [9.17, 15) is 9.59 Å². The zero-order chi connectivity index (χ0) is 26.8. The number of hydrogen-bond donors (Lipinski definition) is 1. The van der Waals surface area contributed by atoms with E-state index in [0.29, 0.717) is 27.2 Å². The van der Waals surface area contributed by atoms with Crippen molar-refractivity contribution in [2.45, 2.75) is 56.6 Å². The highest BCUT2D eigenvalue weighted by atomic mass is 35.5. The molecule has 2 amide bonds. The Bertz CT molecular complexity index is 1180. The van der Waals surface area contributed by atoms with Gasteiger partial charge in [-0.25, -0.2) is 0 Å². The molecule has 0 spiro atoms. The minimum atomic E-state index is -0.682. The van der Waals surface area contributed by atoms with Crippen LogP contribution in [0.4, 0.5) is 0 Å². The summed E-state index contributed by atoms with van der Waals surface area (Å²) in [6.07, 6.45) is 1.47. The Hall–Kier alpha value is -2.18. The van der Waals surface area contributed by atoms with Crippen molar-refractivity contribution in [1.82, 2.24) is 10.2 Å². The van der Waals surface area contributed by atoms with E-state index in [1.165, 1.54) is 0 Å². The van der Waals surface area contributed by atoms with Crippen molar-refractivity contribution in [3.8, 4) is 0 Å². The molecule has 0 saturated heterocycles. The van der Waals surface area contributed by atoms with Gasteiger partial charge in [-0.05, 0) is 60.9 Å². The van der Waals surface area contributed by atoms with Crippen LogP contribution in [0.3, 0.4) is 0 Å². The zero-order valence-corrected chi connectivity index (χ0v) is 24.0. The molecule has 0 bridgehead atoms. The lowest BCUT2D eigenvalue weighted by Gasteiger charge is -2.32. The molecular formula is C29H31Cl3N2O2S. The molecule has 0 aromatic heterocycles. The third-order valence-corrected chi connectivity index (χ3v) is 8.01. The maximum atomic E-state index is 13.7. The van der Waals surface area contributed by atoms with E-state index in [1.54, 1.807) is 28.8 Å². The summed E-state index contributed by atoms with van der Waals surface area (Å²) in [5, 5.41) is 4.60. The first kappa shape index (κ1) is 29.4. The Morgan fingerprint density at radius 3 is 2.27 bits per heavy atom. The first-order valence-corrected chi connectivity index (χ1v) is 14.3. The lowest BCUT2D eigenvalue weighted by Crippen LogP contribution is -2.52. The molecule has 0 aliphatic carbocycles. The van der Waals surface area contributed by atoms with Gasteiger partial charge in [0.05, 0.1) is 10.0 Å². The van der Waals surface area contributed by atoms with E-state index in [1.807, 2.05) is 74.5 Å². The van der Waals surface area contributed by atoms with Gasteiger partial charge in [-0.3, -0.25) is 9.59 Å². The number of rotatable bonds is 12. The number of thioether (sulfide) groups is 1. The van der Waals surface area contributed by atoms with Crippen LogP contribution in [0.1, 0.15) is 37.8 Å². The molecule has 37 heavy (non-hydrogen) atoms. The summed E-state index contributed by atoms with van der Waals surface area (Å²) >= 11 is 20.0. The van der Waals surface area contributed by atoms with Crippen molar-refractivity contribution in [1.29, 1.82) is 0 Å². The van der Waals surface area contributed by atoms with Gasteiger partial charge in [-0.1, -0.05) is 78.1 Å². The van der Waals surface area contributed by atoms with Crippen molar-refractivity contribution in [3.63, 3.8) is 0 Å². The minimum absolute atomic E-state index is 0.00633. The van der Waals surface area contributed by atoms with Gasteiger partial charge < -0.3 is 10.2 Å². The fourth-order valence-electron chi connectivity index (χ4n) is 3.76. The van der Waals surface area contributed by atoms with E-state index in [2.05, 4.69) is 5.32 Å². The summed E-state index contributed by atoms with van der Waals surface area (Å²) < 4.78 is 0. The molecule has 1 N–H and O–H groups in total. The van der Waals surface area contributed by atoms with Gasteiger partial charge in [-0.15, -0.1) is 11.8 Å². The summed E-state index contributed by atoms with van der Waals surface area (Å²) in [5.74, 6) is 0.299. The standard InChI is InChI=1S/C29H31Cl3N2O2S/c1-3-20(2)33-29(36)27(18-21-7-5-4-6-8-21)34(19-22-9-14-25(31)26(32)17-22)28(35)15-16-37-24-12-10-23(30)11-13-24/h4-14,17,20,27H,3,15-16,18-19H2,1-2H3,(H,33,36)/t20-,27+/m1/s1. The third kappa shape index (κ3) is 9.26. The maximum Gasteiger partial charge on any atom is 0.243 e. The number of halogens is 3. The summed E-state index contributed by atoms with van der Waals surface area (Å²) in [5.41, 5.74) is 1.79. The fourth-order valence-corrected chi connectivity index (χ4v) is 5.05. The highest BCUT2D eigenvalue weighted by Crippen LogP contribution is 2.26. The Labute approximate surface area is 238 Å². The Morgan fingerprint density at radius 2 is 1.62 bits per heavy atom. The number of carbonyl (C=O) groups is 2. The quantitative estimate of drug-likeness (QED) is 0.225. The predicted octanol–water partition coefficient (Wildman–Crippen LogP) is 7.68. The number of nitrogens with one attached hydrogen (secondary N) is 1. The monoisotopic (exact) mass is 576 g/mol. The SMILES string of the molecule is CC[C@@H](C)NC(=O)[C@H](Cc1ccccc1)N(Cc1ccc(Cl)c(Cl)c1)C(=O)CCSc1ccc(Cl)cc1. The predicted molar refractivity (Wildman–Crippen MR) is 156 cm³/mol. The van der Waals surface area contributed by atoms with Gasteiger partial charge in [0, 0.05) is 41.1 Å². The maximum absolute atomic E-state index is 13.7. The van der Waals surface area contributed by atoms with Crippen LogP contribution >= 0.6 is 46.6 Å². The summed E-state index contributed by atoms with van der Waals surface area (Å²) in [7, 11) is 0. The van der Waals surface area contributed by atoms with E-state index in [-0.39, 0.29) is 30.8 Å². The van der Waals surface area contributed by atoms with Gasteiger partial charge in [0.2, 0.25) is 11.8 Å². The van der Waals surface area contributed by atoms with E-state index >= 15 is 0 Å². The first-order valence-electron chi connectivity index (χ1n) is 12.2. The fraction of sp³-hybridized carbons (Fsp3) is 0.310. The van der Waals surface area contributed by atoms with Crippen molar-refractivity contribution in [2.75, 3.05) is 5.75 Å². The normalized spacial score (nSPS) is 12.6. The van der Waals surface area contributed by atoms with E-state index < -0.39 is 6.04 Å². The van der Waals surface area contributed by atoms with Crippen LogP contribution in [0.5, 0.6) is 0 Å². The summed E-state index contributed by atoms with van der Waals surface area (Å²) in [6.45, 7) is 4.22. The van der Waals surface area contributed by atoms with Crippen LogP contribution < -0.4 is 5.32 Å². The second-order valence-corrected chi connectivity index (χ2v) is 11.3. The molecule has 0 aliphatic rings. The van der Waals surface area contributed by atoms with Gasteiger partial charge in [0.1, 0.15) is 6.04 Å². The molecule has 4 nitrogen and oxygen atoms in total. The van der Waals surface area contributed by atoms with Crippen molar-refractivity contribution in [3.05, 3.63) is 99.0 Å². The second-order valence-electron chi connectivity index (χ2n) is 8.85. The van der Waals surface area contributed by atoms with Crippen LogP contribution in [0.15, 0.2) is 77.7 Å². The number of amides is 2. The largest absolute Gasteiger partial charge is 0.352 e. The molecule has 8 heteroatoms. The van der Waals surface area contributed by atoms with Crippen molar-refractivity contribution >= 4 is 58.4 Å². The molecule has 0 aliphatic heterocycles. The average molecular weight is 578 g/mol. The number of nitrogens with zero attached hydrogens (tertiary/aromatic N) is 1. The molecule has 3 rings (SSSR count). The molecular weight excluding hydrogens is 547 g/mol. The van der Waals surface area contributed by atoms with Crippen LogP contribution in [0, 0.1) is 0 Å². The summed E-state index contributed by atoms with van der Waals surface area (Å²) in [4.78, 5) is 29.9. The third-order valence-electron chi connectivity index (χ3n) is 6.01. The van der Waals surface area contributed by atoms with Crippen LogP contribution in [-0.2, 0) is 22.6 Å². The first-order chi connectivity index (χ1) is 17.8. The zero-order valence-electron chi connectivity index (χ0n) is 20.9. The molecule has 0 saturated carbocycles. The number of carbonyl (C=O) groups excluding carboxylic acids is 2. The molecule has 0 radical (unpaired) electrons. The highest BCUT2D eigenvalue weighted by molar-refractivity contribution is 7.99. The molecule has 3 aromatic rings. The molecule has 2 atom stereocenters. The van der Waals surface area contributed by atoms with Crippen LogP contribution in [-0.4, -0.2) is 34.6 Å². The summed E-state index contributed by atoms with van der Waals surface area (Å²) in [6, 6.07) is 21.9. The van der Waals surface area contributed by atoms with Crippen LogP contribution in [0.25, 0.3) is 0 Å². The number of benzene rings is 3. The number of hydrogen-bond acceptors (Lipinski definition) is 3. The van der Waals surface area contributed by atoms with Gasteiger partial charge in [0.15, 0.2) is 0 Å². The van der Waals surface area contributed by atoms with Crippen molar-refractivity contribution in [2.24, 2.45) is 0 Å². The Morgan fingerprint density at radius 1 is 0.919 bits per heavy atom. The molecule has 196 valence electrons. The molecule has 0 unspecified atom stereocenters. The van der Waals surface area contributed by atoms with E-state index in [4.69, 9.17) is 34.8 Å². The average Bonchev–Trinajstić information content (AvgIpc) is 2.89. The Kier molecular flexibility index (Phi) is 11.7. The molecule has 3 aromatic carbocycles. The minimum Gasteiger partial charge on any atom is -0.352 e.